The van der Waals surface area contributed by atoms with E-state index in [0.717, 1.165) is 38.8 Å². The number of anilines is 1. The fourth-order valence-corrected chi connectivity index (χ4v) is 3.43. The number of para-hydroxylation sites is 1. The van der Waals surface area contributed by atoms with Crippen molar-refractivity contribution in [1.29, 1.82) is 0 Å². The van der Waals surface area contributed by atoms with Gasteiger partial charge in [-0.25, -0.2) is 0 Å². The maximum Gasteiger partial charge on any atom is 0.274 e. The molecule has 0 bridgehead atoms. The minimum atomic E-state index is -0.467. The van der Waals surface area contributed by atoms with E-state index >= 15 is 0 Å². The van der Waals surface area contributed by atoms with Gasteiger partial charge in [0.05, 0.1) is 15.7 Å². The lowest BCUT2D eigenvalue weighted by Gasteiger charge is -2.20. The van der Waals surface area contributed by atoms with Gasteiger partial charge in [-0.05, 0) is 37.1 Å². The predicted molar refractivity (Wildman–Crippen MR) is 103 cm³/mol. The van der Waals surface area contributed by atoms with E-state index in [0.29, 0.717) is 21.3 Å². The molecular formula is C19H19Cl2N3O2. The van der Waals surface area contributed by atoms with Gasteiger partial charge in [-0.3, -0.25) is 14.6 Å². The Morgan fingerprint density at radius 1 is 1.00 bits per heavy atom. The molecule has 0 saturated carbocycles. The third kappa shape index (κ3) is 4.34. The number of likely N-dealkylation sites (tertiary alicyclic amines) is 1. The first kappa shape index (κ1) is 18.7. The molecular weight excluding hydrogens is 373 g/mol. The maximum absolute atomic E-state index is 12.7. The van der Waals surface area contributed by atoms with Crippen LogP contribution in [-0.2, 0) is 0 Å². The molecule has 1 aromatic carbocycles. The zero-order valence-corrected chi connectivity index (χ0v) is 15.7. The zero-order chi connectivity index (χ0) is 18.5. The van der Waals surface area contributed by atoms with Gasteiger partial charge in [0.1, 0.15) is 5.69 Å². The van der Waals surface area contributed by atoms with Crippen molar-refractivity contribution >= 4 is 40.7 Å². The molecule has 3 rings (SSSR count). The number of hydrogen-bond donors (Lipinski definition) is 1. The first-order valence-electron chi connectivity index (χ1n) is 8.57. The molecule has 7 heteroatoms. The lowest BCUT2D eigenvalue weighted by atomic mass is 10.2. The number of rotatable bonds is 3. The fourth-order valence-electron chi connectivity index (χ4n) is 2.94. The number of benzene rings is 1. The summed E-state index contributed by atoms with van der Waals surface area (Å²) in [6.07, 6.45) is 5.78. The number of carbonyl (C=O) groups is 2. The van der Waals surface area contributed by atoms with Gasteiger partial charge in [0, 0.05) is 24.8 Å². The summed E-state index contributed by atoms with van der Waals surface area (Å²) in [5.74, 6) is -0.537. The molecule has 1 N–H and O–H groups in total. The Kier molecular flexibility index (Phi) is 6.12. The Labute approximate surface area is 162 Å². The van der Waals surface area contributed by atoms with Gasteiger partial charge in [-0.15, -0.1) is 0 Å². The van der Waals surface area contributed by atoms with E-state index in [-0.39, 0.29) is 11.6 Å². The van der Waals surface area contributed by atoms with E-state index in [9.17, 15) is 9.59 Å². The Morgan fingerprint density at radius 3 is 2.31 bits per heavy atom. The number of hydrogen-bond acceptors (Lipinski definition) is 3. The van der Waals surface area contributed by atoms with E-state index < -0.39 is 5.91 Å². The van der Waals surface area contributed by atoms with Gasteiger partial charge in [-0.1, -0.05) is 42.1 Å². The van der Waals surface area contributed by atoms with Crippen LogP contribution in [0.25, 0.3) is 0 Å². The van der Waals surface area contributed by atoms with Gasteiger partial charge >= 0.3 is 0 Å². The van der Waals surface area contributed by atoms with Crippen molar-refractivity contribution in [2.45, 2.75) is 25.7 Å². The van der Waals surface area contributed by atoms with Crippen LogP contribution in [0.2, 0.25) is 10.0 Å². The molecule has 0 atom stereocenters. The number of halogens is 2. The van der Waals surface area contributed by atoms with Crippen molar-refractivity contribution in [3.05, 3.63) is 57.8 Å². The Hall–Kier alpha value is -2.11. The van der Waals surface area contributed by atoms with Gasteiger partial charge < -0.3 is 10.2 Å². The van der Waals surface area contributed by atoms with Crippen LogP contribution in [0.1, 0.15) is 46.5 Å². The molecule has 26 heavy (non-hydrogen) atoms. The molecule has 136 valence electrons. The van der Waals surface area contributed by atoms with Crippen molar-refractivity contribution in [2.24, 2.45) is 0 Å². The lowest BCUT2D eigenvalue weighted by Crippen LogP contribution is -2.32. The summed E-state index contributed by atoms with van der Waals surface area (Å²) in [5.41, 5.74) is 0.922. The molecule has 1 aliphatic heterocycles. The SMILES string of the molecule is O=C(Nc1c(Cl)cccc1Cl)c1cc(C(=O)N2CCCCCC2)ccn1. The highest BCUT2D eigenvalue weighted by atomic mass is 35.5. The van der Waals surface area contributed by atoms with E-state index in [4.69, 9.17) is 23.2 Å². The summed E-state index contributed by atoms with van der Waals surface area (Å²) in [6, 6.07) is 8.10. The first-order valence-corrected chi connectivity index (χ1v) is 9.32. The number of nitrogens with one attached hydrogen (secondary N) is 1. The first-order chi connectivity index (χ1) is 12.6. The highest BCUT2D eigenvalue weighted by molar-refractivity contribution is 6.40. The molecule has 2 amide bonds. The van der Waals surface area contributed by atoms with Gasteiger partial charge in [0.25, 0.3) is 11.8 Å². The molecule has 0 unspecified atom stereocenters. The number of nitrogens with zero attached hydrogens (tertiary/aromatic N) is 2. The van der Waals surface area contributed by atoms with Crippen LogP contribution < -0.4 is 5.32 Å². The van der Waals surface area contributed by atoms with Crippen LogP contribution in [0.4, 0.5) is 5.69 Å². The minimum Gasteiger partial charge on any atom is -0.339 e. The molecule has 0 radical (unpaired) electrons. The smallest absolute Gasteiger partial charge is 0.274 e. The molecule has 2 heterocycles. The summed E-state index contributed by atoms with van der Waals surface area (Å²) in [4.78, 5) is 31.1. The number of aromatic nitrogens is 1. The van der Waals surface area contributed by atoms with Gasteiger partial charge in [-0.2, -0.15) is 0 Å². The van der Waals surface area contributed by atoms with E-state index in [2.05, 4.69) is 10.3 Å². The average molecular weight is 392 g/mol. The lowest BCUT2D eigenvalue weighted by molar-refractivity contribution is 0.0761. The van der Waals surface area contributed by atoms with E-state index in [1.807, 2.05) is 4.90 Å². The fraction of sp³-hybridized carbons (Fsp3) is 0.316. The zero-order valence-electron chi connectivity index (χ0n) is 14.2. The molecule has 0 spiro atoms. The van der Waals surface area contributed by atoms with Crippen LogP contribution in [0.5, 0.6) is 0 Å². The van der Waals surface area contributed by atoms with E-state index in [1.54, 1.807) is 24.3 Å². The number of pyridine rings is 1. The molecule has 5 nitrogen and oxygen atoms in total. The standard InChI is InChI=1S/C19H19Cl2N3O2/c20-14-6-5-7-15(21)17(14)23-18(25)16-12-13(8-9-22-16)19(26)24-10-3-1-2-4-11-24/h5-9,12H,1-4,10-11H2,(H,23,25). The monoisotopic (exact) mass is 391 g/mol. The number of amides is 2. The minimum absolute atomic E-state index is 0.0703. The topological polar surface area (TPSA) is 62.3 Å². The second-order valence-corrected chi connectivity index (χ2v) is 7.00. The summed E-state index contributed by atoms with van der Waals surface area (Å²) in [7, 11) is 0. The van der Waals surface area contributed by atoms with Crippen molar-refractivity contribution in [1.82, 2.24) is 9.88 Å². The summed E-state index contributed by atoms with van der Waals surface area (Å²) in [6.45, 7) is 1.50. The van der Waals surface area contributed by atoms with E-state index in [1.165, 1.54) is 12.3 Å². The highest BCUT2D eigenvalue weighted by Crippen LogP contribution is 2.30. The van der Waals surface area contributed by atoms with Crippen molar-refractivity contribution in [3.63, 3.8) is 0 Å². The largest absolute Gasteiger partial charge is 0.339 e. The predicted octanol–water partition coefficient (Wildman–Crippen LogP) is 4.66. The van der Waals surface area contributed by atoms with Gasteiger partial charge in [0.2, 0.25) is 0 Å². The Balaban J connectivity index is 1.78. The van der Waals surface area contributed by atoms with Gasteiger partial charge in [0.15, 0.2) is 0 Å². The maximum atomic E-state index is 12.7. The summed E-state index contributed by atoms with van der Waals surface area (Å²) >= 11 is 12.2. The summed E-state index contributed by atoms with van der Waals surface area (Å²) < 4.78 is 0. The molecule has 1 fully saturated rings. The molecule has 1 saturated heterocycles. The van der Waals surface area contributed by atoms with Crippen molar-refractivity contribution in [3.8, 4) is 0 Å². The molecule has 0 aliphatic carbocycles. The van der Waals surface area contributed by atoms with Crippen molar-refractivity contribution in [2.75, 3.05) is 18.4 Å². The van der Waals surface area contributed by atoms with Crippen molar-refractivity contribution < 1.29 is 9.59 Å². The Bertz CT molecular complexity index is 798. The third-order valence-corrected chi connectivity index (χ3v) is 4.96. The molecule has 2 aromatic rings. The quantitative estimate of drug-likeness (QED) is 0.827. The number of carbonyl (C=O) groups excluding carboxylic acids is 2. The van der Waals surface area contributed by atoms with Crippen LogP contribution in [0.15, 0.2) is 36.5 Å². The Morgan fingerprint density at radius 2 is 1.65 bits per heavy atom. The van der Waals surface area contributed by atoms with Crippen LogP contribution >= 0.6 is 23.2 Å². The summed E-state index contributed by atoms with van der Waals surface area (Å²) in [5, 5.41) is 3.33. The average Bonchev–Trinajstić information content (AvgIpc) is 2.93. The molecule has 1 aromatic heterocycles. The second-order valence-electron chi connectivity index (χ2n) is 6.19. The highest BCUT2D eigenvalue weighted by Gasteiger charge is 2.19. The van der Waals surface area contributed by atoms with Crippen LogP contribution in [-0.4, -0.2) is 34.8 Å². The normalized spacial score (nSPS) is 14.6. The second kappa shape index (κ2) is 8.52. The van der Waals surface area contributed by atoms with Crippen LogP contribution in [0.3, 0.4) is 0 Å². The third-order valence-electron chi connectivity index (χ3n) is 4.33. The molecule has 1 aliphatic rings. The van der Waals surface area contributed by atoms with Crippen LogP contribution in [0, 0.1) is 0 Å².